The maximum Gasteiger partial charge on any atom is 0.309 e. The molecule has 4 fully saturated rings. The lowest BCUT2D eigenvalue weighted by Gasteiger charge is -2.47. The summed E-state index contributed by atoms with van der Waals surface area (Å²) in [5.41, 5.74) is 0. The zero-order chi connectivity index (χ0) is 16.7. The van der Waals surface area contributed by atoms with Crippen molar-refractivity contribution in [1.29, 1.82) is 0 Å². The third kappa shape index (κ3) is 3.12. The SMILES string of the molecule is CC1OC(=O)C2CC3CCCCC3C(COC3CCCN(C)C3)C12. The standard InChI is InChI=1S/C20H33NO3/c1-13-19-17(20(22)24-13)10-14-6-3-4-8-16(14)18(19)12-23-15-7-5-9-21(2)11-15/h13-19H,3-12H2,1-2H3. The lowest BCUT2D eigenvalue weighted by Crippen LogP contribution is -2.46. The number of ether oxygens (including phenoxy) is 2. The minimum absolute atomic E-state index is 0.0684. The van der Waals surface area contributed by atoms with Gasteiger partial charge in [0.05, 0.1) is 18.6 Å². The quantitative estimate of drug-likeness (QED) is 0.743. The molecule has 4 aliphatic rings. The number of fused-ring (bicyclic) bond motifs is 2. The molecule has 0 aromatic carbocycles. The summed E-state index contributed by atoms with van der Waals surface area (Å²) in [5, 5.41) is 0. The molecule has 0 N–H and O–H groups in total. The molecule has 4 heteroatoms. The first-order valence-corrected chi connectivity index (χ1v) is 10.1. The fourth-order valence-electron chi connectivity index (χ4n) is 6.17. The second-order valence-corrected chi connectivity index (χ2v) is 8.79. The Labute approximate surface area is 146 Å². The monoisotopic (exact) mass is 335 g/mol. The lowest BCUT2D eigenvalue weighted by molar-refractivity contribution is -0.144. The maximum absolute atomic E-state index is 12.3. The average Bonchev–Trinajstić information content (AvgIpc) is 2.86. The van der Waals surface area contributed by atoms with Crippen molar-refractivity contribution in [2.24, 2.45) is 29.6 Å². The largest absolute Gasteiger partial charge is 0.462 e. The van der Waals surface area contributed by atoms with Crippen molar-refractivity contribution in [2.75, 3.05) is 26.7 Å². The van der Waals surface area contributed by atoms with E-state index in [1.165, 1.54) is 45.1 Å². The van der Waals surface area contributed by atoms with Crippen molar-refractivity contribution in [3.63, 3.8) is 0 Å². The van der Waals surface area contributed by atoms with Crippen LogP contribution in [0.4, 0.5) is 0 Å². The van der Waals surface area contributed by atoms with Crippen LogP contribution in [-0.4, -0.2) is 49.8 Å². The Kier molecular flexibility index (Phi) is 4.88. The number of hydrogen-bond acceptors (Lipinski definition) is 4. The van der Waals surface area contributed by atoms with Crippen LogP contribution >= 0.6 is 0 Å². The summed E-state index contributed by atoms with van der Waals surface area (Å²) in [6, 6.07) is 0. The van der Waals surface area contributed by atoms with E-state index in [1.807, 2.05) is 0 Å². The Balaban J connectivity index is 1.47. The molecule has 0 bridgehead atoms. The molecule has 2 saturated heterocycles. The van der Waals surface area contributed by atoms with E-state index >= 15 is 0 Å². The number of nitrogens with zero attached hydrogens (tertiary/aromatic N) is 1. The molecular weight excluding hydrogens is 302 g/mol. The normalized spacial score (nSPS) is 46.2. The summed E-state index contributed by atoms with van der Waals surface area (Å²) < 4.78 is 12.1. The second-order valence-electron chi connectivity index (χ2n) is 8.79. The van der Waals surface area contributed by atoms with Gasteiger partial charge in [0.2, 0.25) is 0 Å². The van der Waals surface area contributed by atoms with Crippen LogP contribution in [0.2, 0.25) is 0 Å². The third-order valence-corrected chi connectivity index (χ3v) is 7.29. The van der Waals surface area contributed by atoms with E-state index in [0.717, 1.165) is 31.4 Å². The minimum atomic E-state index is 0.0684. The third-order valence-electron chi connectivity index (χ3n) is 7.29. The second kappa shape index (κ2) is 6.95. The van der Waals surface area contributed by atoms with Gasteiger partial charge in [0.15, 0.2) is 0 Å². The molecule has 136 valence electrons. The van der Waals surface area contributed by atoms with E-state index in [0.29, 0.717) is 17.9 Å². The highest BCUT2D eigenvalue weighted by molar-refractivity contribution is 5.75. The van der Waals surface area contributed by atoms with Gasteiger partial charge in [-0.3, -0.25) is 4.79 Å². The predicted octanol–water partition coefficient (Wildman–Crippen LogP) is 3.10. The molecule has 2 aliphatic carbocycles. The Morgan fingerprint density at radius 3 is 2.88 bits per heavy atom. The van der Waals surface area contributed by atoms with E-state index in [4.69, 9.17) is 9.47 Å². The van der Waals surface area contributed by atoms with Gasteiger partial charge in [0, 0.05) is 12.5 Å². The fourth-order valence-corrected chi connectivity index (χ4v) is 6.17. The zero-order valence-corrected chi connectivity index (χ0v) is 15.3. The molecular formula is C20H33NO3. The number of likely N-dealkylation sites (N-methyl/N-ethyl adjacent to an activating group) is 1. The Bertz CT molecular complexity index is 468. The molecule has 0 aromatic rings. The van der Waals surface area contributed by atoms with Gasteiger partial charge >= 0.3 is 5.97 Å². The van der Waals surface area contributed by atoms with E-state index in [2.05, 4.69) is 18.9 Å². The van der Waals surface area contributed by atoms with Crippen LogP contribution in [-0.2, 0) is 14.3 Å². The van der Waals surface area contributed by atoms with Gasteiger partial charge in [0.1, 0.15) is 6.10 Å². The van der Waals surface area contributed by atoms with Crippen molar-refractivity contribution < 1.29 is 14.3 Å². The first-order valence-electron chi connectivity index (χ1n) is 10.1. The Hall–Kier alpha value is -0.610. The number of carbonyl (C=O) groups is 1. The van der Waals surface area contributed by atoms with Gasteiger partial charge in [-0.2, -0.15) is 0 Å². The maximum atomic E-state index is 12.3. The molecule has 7 atom stereocenters. The molecule has 0 amide bonds. The van der Waals surface area contributed by atoms with E-state index in [-0.39, 0.29) is 18.0 Å². The topological polar surface area (TPSA) is 38.8 Å². The average molecular weight is 335 g/mol. The highest BCUT2D eigenvalue weighted by Crippen LogP contribution is 2.53. The molecule has 0 radical (unpaired) electrons. The molecule has 2 saturated carbocycles. The van der Waals surface area contributed by atoms with Crippen LogP contribution in [0, 0.1) is 29.6 Å². The van der Waals surface area contributed by atoms with Crippen molar-refractivity contribution >= 4 is 5.97 Å². The van der Waals surface area contributed by atoms with Crippen LogP contribution in [0.1, 0.15) is 51.9 Å². The number of piperidine rings is 1. The van der Waals surface area contributed by atoms with Crippen LogP contribution < -0.4 is 0 Å². The minimum Gasteiger partial charge on any atom is -0.462 e. The molecule has 24 heavy (non-hydrogen) atoms. The van der Waals surface area contributed by atoms with Crippen molar-refractivity contribution in [3.8, 4) is 0 Å². The summed E-state index contributed by atoms with van der Waals surface area (Å²) in [7, 11) is 2.19. The number of rotatable bonds is 3. The highest BCUT2D eigenvalue weighted by atomic mass is 16.6. The number of hydrogen-bond donors (Lipinski definition) is 0. The molecule has 0 spiro atoms. The van der Waals surface area contributed by atoms with Crippen LogP contribution in [0.15, 0.2) is 0 Å². The Morgan fingerprint density at radius 1 is 1.21 bits per heavy atom. The highest BCUT2D eigenvalue weighted by Gasteiger charge is 2.54. The first kappa shape index (κ1) is 16.8. The summed E-state index contributed by atoms with van der Waals surface area (Å²) in [4.78, 5) is 14.7. The van der Waals surface area contributed by atoms with Gasteiger partial charge in [-0.25, -0.2) is 0 Å². The number of likely N-dealkylation sites (tertiary alicyclic amines) is 1. The van der Waals surface area contributed by atoms with Gasteiger partial charge in [0.25, 0.3) is 0 Å². The van der Waals surface area contributed by atoms with E-state index in [1.54, 1.807) is 0 Å². The summed E-state index contributed by atoms with van der Waals surface area (Å²) >= 11 is 0. The van der Waals surface area contributed by atoms with Crippen molar-refractivity contribution in [3.05, 3.63) is 0 Å². The number of esters is 1. The van der Waals surface area contributed by atoms with Crippen molar-refractivity contribution in [1.82, 2.24) is 4.90 Å². The summed E-state index contributed by atoms with van der Waals surface area (Å²) in [6.45, 7) is 5.19. The van der Waals surface area contributed by atoms with Crippen LogP contribution in [0.3, 0.4) is 0 Å². The molecule has 4 nitrogen and oxygen atoms in total. The first-order chi connectivity index (χ1) is 11.6. The molecule has 4 rings (SSSR count). The van der Waals surface area contributed by atoms with Gasteiger partial charge < -0.3 is 14.4 Å². The van der Waals surface area contributed by atoms with Crippen LogP contribution in [0.25, 0.3) is 0 Å². The van der Waals surface area contributed by atoms with Gasteiger partial charge in [-0.1, -0.05) is 19.3 Å². The van der Waals surface area contributed by atoms with E-state index in [9.17, 15) is 4.79 Å². The molecule has 2 aliphatic heterocycles. The predicted molar refractivity (Wildman–Crippen MR) is 92.6 cm³/mol. The van der Waals surface area contributed by atoms with Gasteiger partial charge in [-0.15, -0.1) is 0 Å². The van der Waals surface area contributed by atoms with Crippen LogP contribution in [0.5, 0.6) is 0 Å². The zero-order valence-electron chi connectivity index (χ0n) is 15.3. The van der Waals surface area contributed by atoms with E-state index < -0.39 is 0 Å². The molecule has 2 heterocycles. The van der Waals surface area contributed by atoms with Crippen molar-refractivity contribution in [2.45, 2.75) is 64.1 Å². The fraction of sp³-hybridized carbons (Fsp3) is 0.950. The molecule has 7 unspecified atom stereocenters. The Morgan fingerprint density at radius 2 is 2.04 bits per heavy atom. The lowest BCUT2D eigenvalue weighted by atomic mass is 9.57. The number of cyclic esters (lactones) is 1. The van der Waals surface area contributed by atoms with Gasteiger partial charge in [-0.05, 0) is 64.0 Å². The summed E-state index contributed by atoms with van der Waals surface area (Å²) in [5.74, 6) is 2.58. The smallest absolute Gasteiger partial charge is 0.309 e. The summed E-state index contributed by atoms with van der Waals surface area (Å²) in [6.07, 6.45) is 9.26. The number of carbonyl (C=O) groups excluding carboxylic acids is 1. The molecule has 0 aromatic heterocycles.